The van der Waals surface area contributed by atoms with E-state index in [0.717, 1.165) is 0 Å². The zero-order chi connectivity index (χ0) is 43.1. The molecule has 3 saturated heterocycles. The van der Waals surface area contributed by atoms with Gasteiger partial charge in [0.15, 0.2) is 18.9 Å². The minimum Gasteiger partial charge on any atom is -0.394 e. The summed E-state index contributed by atoms with van der Waals surface area (Å²) in [5.41, 5.74) is 0. The molecule has 0 aromatic rings. The normalized spacial score (nSPS) is 36.0. The molecule has 0 unspecified atom stereocenters. The summed E-state index contributed by atoms with van der Waals surface area (Å²) in [4.78, 5) is 40.2. The van der Waals surface area contributed by atoms with E-state index in [2.05, 4.69) is 16.0 Å². The van der Waals surface area contributed by atoms with Crippen molar-refractivity contribution in [3.8, 4) is 0 Å². The zero-order valence-corrected chi connectivity index (χ0v) is 31.9. The first-order chi connectivity index (χ1) is 27.6. The van der Waals surface area contributed by atoms with Crippen molar-refractivity contribution in [3.63, 3.8) is 0 Å². The fraction of sp³-hybridized carbons (Fsp3) is 0.909. The number of ether oxygens (including phenoxy) is 6. The number of aliphatic hydroxyl groups is 12. The van der Waals surface area contributed by atoms with Crippen LogP contribution in [0.5, 0.6) is 0 Å². The van der Waals surface area contributed by atoms with Crippen molar-refractivity contribution >= 4 is 17.7 Å². The second-order valence-corrected chi connectivity index (χ2v) is 14.1. The first-order valence-electron chi connectivity index (χ1n) is 18.9. The molecule has 0 aromatic heterocycles. The number of carbonyl (C=O) groups excluding carboxylic acids is 3. The van der Waals surface area contributed by atoms with Gasteiger partial charge in [-0.05, 0) is 12.8 Å². The zero-order valence-electron chi connectivity index (χ0n) is 31.9. The van der Waals surface area contributed by atoms with Crippen LogP contribution >= 0.6 is 0 Å². The Morgan fingerprint density at radius 2 is 0.948 bits per heavy atom. The Kier molecular flexibility index (Phi) is 21.4. The summed E-state index contributed by atoms with van der Waals surface area (Å²) >= 11 is 0. The van der Waals surface area contributed by atoms with E-state index >= 15 is 0 Å². The molecule has 338 valence electrons. The Hall–Kier alpha value is -2.35. The van der Waals surface area contributed by atoms with Gasteiger partial charge in [0, 0.05) is 13.1 Å². The van der Waals surface area contributed by atoms with Crippen molar-refractivity contribution in [1.29, 1.82) is 0 Å². The predicted molar refractivity (Wildman–Crippen MR) is 188 cm³/mol. The molecule has 3 aliphatic heterocycles. The molecule has 0 aliphatic carbocycles. The summed E-state index contributed by atoms with van der Waals surface area (Å²) < 4.78 is 32.5. The lowest BCUT2D eigenvalue weighted by Gasteiger charge is -2.40. The minimum absolute atomic E-state index is 0.135. The molecule has 3 rings (SSSR count). The summed E-state index contributed by atoms with van der Waals surface area (Å²) in [6.07, 6.45) is -23.1. The second-order valence-electron chi connectivity index (χ2n) is 14.1. The molecule has 58 heavy (non-hydrogen) atoms. The van der Waals surface area contributed by atoms with Crippen molar-refractivity contribution < 1.29 is 104 Å². The predicted octanol–water partition coefficient (Wildman–Crippen LogP) is -9.74. The third kappa shape index (κ3) is 14.4. The molecule has 3 fully saturated rings. The number of rotatable bonds is 23. The van der Waals surface area contributed by atoms with Crippen LogP contribution in [-0.2, 0) is 42.8 Å². The quantitative estimate of drug-likeness (QED) is 0.0424. The average molecular weight is 849 g/mol. The number of hydrogen-bond acceptors (Lipinski definition) is 22. The van der Waals surface area contributed by atoms with Gasteiger partial charge in [0.25, 0.3) is 0 Å². The summed E-state index contributed by atoms with van der Waals surface area (Å²) in [6, 6.07) is -1.03. The van der Waals surface area contributed by atoms with Gasteiger partial charge in [-0.25, -0.2) is 0 Å². The van der Waals surface area contributed by atoms with E-state index in [0.29, 0.717) is 13.0 Å². The number of carbonyl (C=O) groups is 3. The Bertz CT molecular complexity index is 1240. The van der Waals surface area contributed by atoms with Crippen molar-refractivity contribution in [1.82, 2.24) is 20.9 Å². The molecule has 0 aromatic carbocycles. The first-order valence-corrected chi connectivity index (χ1v) is 18.9. The van der Waals surface area contributed by atoms with Crippen LogP contribution in [0, 0.1) is 0 Å². The second kappa shape index (κ2) is 24.8. The standard InChI is InChI=1S/C33H60N4O21/c1-2-4-34-19(41)8-37(9-20(42)35-5-7-54-32-29(51)26(48)23(45)17(12-39)57-32)10-21(43)36-15(14-55-33-30(52)27(49)24(46)18(13-40)58-33)3-6-53-31-28(50)25(47)22(44)16(11-38)56-31/h15-18,22-33,38-40,44-52H,2-14H2,1H3,(H,34,41)(H,35,42)(H,36,43)/t15-,16-,17-,18-,22-,23-,24-,25+,26+,27+,28+,29+,30+,31+,32-,33+/m1/s1. The SMILES string of the molecule is CCCNC(=O)CN(CC(=O)NCCO[C@@H]1O[C@H](CO)[C@@H](O)[C@H](O)[C@@H]1O)CC(=O)N[C@H](CCO[C@H]1O[C@H](CO)[C@@H](O)[C@H](O)[C@@H]1O)CO[C@H]1O[C@H](CO)[C@@H](O)[C@H](O)[C@@H]1O. The van der Waals surface area contributed by atoms with Gasteiger partial charge in [-0.2, -0.15) is 0 Å². The van der Waals surface area contributed by atoms with Crippen LogP contribution in [0.2, 0.25) is 0 Å². The Balaban J connectivity index is 1.64. The van der Waals surface area contributed by atoms with Crippen LogP contribution in [0.25, 0.3) is 0 Å². The van der Waals surface area contributed by atoms with E-state index in [1.165, 1.54) is 4.90 Å². The average Bonchev–Trinajstić information content (AvgIpc) is 3.20. The monoisotopic (exact) mass is 848 g/mol. The number of nitrogens with one attached hydrogen (secondary N) is 3. The minimum atomic E-state index is -1.78. The van der Waals surface area contributed by atoms with Crippen LogP contribution in [0.4, 0.5) is 0 Å². The Morgan fingerprint density at radius 3 is 1.38 bits per heavy atom. The molecule has 0 spiro atoms. The largest absolute Gasteiger partial charge is 0.394 e. The van der Waals surface area contributed by atoms with Gasteiger partial charge in [0.1, 0.15) is 73.2 Å². The van der Waals surface area contributed by atoms with Crippen molar-refractivity contribution in [2.75, 3.05) is 72.4 Å². The van der Waals surface area contributed by atoms with Gasteiger partial charge in [-0.3, -0.25) is 19.3 Å². The lowest BCUT2D eigenvalue weighted by molar-refractivity contribution is -0.304. The van der Waals surface area contributed by atoms with Gasteiger partial charge >= 0.3 is 0 Å². The van der Waals surface area contributed by atoms with E-state index in [-0.39, 0.29) is 26.2 Å². The maximum absolute atomic E-state index is 13.4. The van der Waals surface area contributed by atoms with Crippen LogP contribution in [0.1, 0.15) is 19.8 Å². The summed E-state index contributed by atoms with van der Waals surface area (Å²) in [6.45, 7) is -2.62. The van der Waals surface area contributed by atoms with Crippen LogP contribution in [0.15, 0.2) is 0 Å². The molecule has 3 amide bonds. The molecule has 25 nitrogen and oxygen atoms in total. The fourth-order valence-corrected chi connectivity index (χ4v) is 6.14. The van der Waals surface area contributed by atoms with Gasteiger partial charge in [0.2, 0.25) is 17.7 Å². The molecule has 0 bridgehead atoms. The van der Waals surface area contributed by atoms with E-state index in [4.69, 9.17) is 28.4 Å². The topological polar surface area (TPSA) is 389 Å². The Morgan fingerprint density at radius 1 is 0.552 bits per heavy atom. The summed E-state index contributed by atoms with van der Waals surface area (Å²) in [5, 5.41) is 127. The van der Waals surface area contributed by atoms with Crippen molar-refractivity contribution in [2.45, 2.75) is 118 Å². The molecule has 25 heteroatoms. The van der Waals surface area contributed by atoms with Crippen LogP contribution < -0.4 is 16.0 Å². The van der Waals surface area contributed by atoms with Gasteiger partial charge in [0.05, 0.1) is 65.3 Å². The first kappa shape index (κ1) is 50.0. The third-order valence-corrected chi connectivity index (χ3v) is 9.50. The molecule has 15 N–H and O–H groups in total. The lowest BCUT2D eigenvalue weighted by atomic mass is 9.99. The molecule has 3 heterocycles. The van der Waals surface area contributed by atoms with Gasteiger partial charge < -0.3 is 106 Å². The highest BCUT2D eigenvalue weighted by Crippen LogP contribution is 2.24. The lowest BCUT2D eigenvalue weighted by Crippen LogP contribution is -2.60. The number of nitrogens with zero attached hydrogens (tertiary/aromatic N) is 1. The highest BCUT2D eigenvalue weighted by molar-refractivity contribution is 5.84. The Labute approximate surface area is 333 Å². The van der Waals surface area contributed by atoms with E-state index < -0.39 is 162 Å². The van der Waals surface area contributed by atoms with Crippen LogP contribution in [-0.4, -0.2) is 254 Å². The molecule has 0 saturated carbocycles. The number of aliphatic hydroxyl groups excluding tert-OH is 12. The van der Waals surface area contributed by atoms with E-state index in [1.807, 2.05) is 6.92 Å². The maximum Gasteiger partial charge on any atom is 0.234 e. The van der Waals surface area contributed by atoms with Gasteiger partial charge in [-0.15, -0.1) is 0 Å². The van der Waals surface area contributed by atoms with Crippen LogP contribution in [0.3, 0.4) is 0 Å². The van der Waals surface area contributed by atoms with Gasteiger partial charge in [-0.1, -0.05) is 6.92 Å². The third-order valence-electron chi connectivity index (χ3n) is 9.50. The molecule has 3 aliphatic rings. The molecular formula is C33H60N4O21. The van der Waals surface area contributed by atoms with E-state index in [1.54, 1.807) is 0 Å². The smallest absolute Gasteiger partial charge is 0.234 e. The molecular weight excluding hydrogens is 788 g/mol. The number of amides is 3. The highest BCUT2D eigenvalue weighted by Gasteiger charge is 2.46. The maximum atomic E-state index is 13.4. The highest BCUT2D eigenvalue weighted by atomic mass is 16.7. The van der Waals surface area contributed by atoms with Crippen molar-refractivity contribution in [2.24, 2.45) is 0 Å². The number of hydrogen-bond donors (Lipinski definition) is 15. The molecule has 0 radical (unpaired) electrons. The van der Waals surface area contributed by atoms with Crippen molar-refractivity contribution in [3.05, 3.63) is 0 Å². The summed E-state index contributed by atoms with van der Waals surface area (Å²) in [7, 11) is 0. The summed E-state index contributed by atoms with van der Waals surface area (Å²) in [5.74, 6) is -1.93. The van der Waals surface area contributed by atoms with E-state index in [9.17, 15) is 75.7 Å². The molecule has 16 atom stereocenters. The fourth-order valence-electron chi connectivity index (χ4n) is 6.14.